The Balaban J connectivity index is 2.30. The maximum Gasteiger partial charge on any atom is 0.269 e. The molecule has 0 aromatic heterocycles. The Labute approximate surface area is 86.4 Å². The van der Waals surface area contributed by atoms with Crippen LogP contribution in [0.15, 0.2) is 18.2 Å². The molecule has 5 heteroatoms. The van der Waals surface area contributed by atoms with Crippen molar-refractivity contribution in [2.24, 2.45) is 5.92 Å². The molecule has 5 nitrogen and oxygen atoms in total. The van der Waals surface area contributed by atoms with Crippen LogP contribution in [0.5, 0.6) is 5.75 Å². The summed E-state index contributed by atoms with van der Waals surface area (Å²) in [6, 6.07) is 4.55. The van der Waals surface area contributed by atoms with Crippen LogP contribution in [0.2, 0.25) is 0 Å². The second-order valence-electron chi connectivity index (χ2n) is 3.61. The normalized spacial score (nSPS) is 19.1. The van der Waals surface area contributed by atoms with Gasteiger partial charge in [0.05, 0.1) is 11.5 Å². The Bertz CT molecular complexity index is 391. The molecule has 1 aliphatic heterocycles. The van der Waals surface area contributed by atoms with Gasteiger partial charge in [0.2, 0.25) is 0 Å². The van der Waals surface area contributed by atoms with E-state index in [4.69, 9.17) is 9.84 Å². The molecule has 1 heterocycles. The number of nitrogens with zero attached hydrogens (tertiary/aromatic N) is 1. The van der Waals surface area contributed by atoms with Gasteiger partial charge in [0.15, 0.2) is 0 Å². The molecular weight excluding hydrogens is 198 g/mol. The molecule has 0 aliphatic carbocycles. The summed E-state index contributed by atoms with van der Waals surface area (Å²) >= 11 is 0. The molecule has 1 atom stereocenters. The van der Waals surface area contributed by atoms with Crippen LogP contribution in [0.3, 0.4) is 0 Å². The summed E-state index contributed by atoms with van der Waals surface area (Å²) in [6.07, 6.45) is 0.632. The molecule has 0 saturated heterocycles. The van der Waals surface area contributed by atoms with Crippen molar-refractivity contribution in [2.75, 3.05) is 13.2 Å². The van der Waals surface area contributed by atoms with E-state index in [1.165, 1.54) is 12.1 Å². The van der Waals surface area contributed by atoms with E-state index in [1.54, 1.807) is 6.07 Å². The summed E-state index contributed by atoms with van der Waals surface area (Å²) in [5, 5.41) is 19.5. The topological polar surface area (TPSA) is 72.6 Å². The van der Waals surface area contributed by atoms with Gasteiger partial charge in [-0.25, -0.2) is 0 Å². The lowest BCUT2D eigenvalue weighted by molar-refractivity contribution is -0.385. The zero-order chi connectivity index (χ0) is 10.8. The molecule has 0 fully saturated rings. The van der Waals surface area contributed by atoms with E-state index in [1.807, 2.05) is 0 Å². The minimum Gasteiger partial charge on any atom is -0.493 e. The minimum atomic E-state index is -0.428. The van der Waals surface area contributed by atoms with Gasteiger partial charge in [-0.1, -0.05) is 0 Å². The van der Waals surface area contributed by atoms with Crippen LogP contribution in [0.1, 0.15) is 5.56 Å². The number of ether oxygens (including phenoxy) is 1. The van der Waals surface area contributed by atoms with Crippen molar-refractivity contribution in [2.45, 2.75) is 6.42 Å². The number of nitro benzene ring substituents is 1. The number of aliphatic hydroxyl groups excluding tert-OH is 1. The molecule has 1 N–H and O–H groups in total. The van der Waals surface area contributed by atoms with Gasteiger partial charge in [0.25, 0.3) is 5.69 Å². The highest BCUT2D eigenvalue weighted by Gasteiger charge is 2.21. The van der Waals surface area contributed by atoms with Crippen LogP contribution in [0.4, 0.5) is 5.69 Å². The maximum absolute atomic E-state index is 10.6. The van der Waals surface area contributed by atoms with E-state index in [9.17, 15) is 10.1 Å². The highest BCUT2D eigenvalue weighted by Crippen LogP contribution is 2.30. The van der Waals surface area contributed by atoms with Crippen molar-refractivity contribution >= 4 is 5.69 Å². The van der Waals surface area contributed by atoms with E-state index in [0.29, 0.717) is 18.8 Å². The van der Waals surface area contributed by atoms with Crippen LogP contribution in [0.25, 0.3) is 0 Å². The zero-order valence-corrected chi connectivity index (χ0v) is 8.05. The SMILES string of the molecule is O=[N+]([O-])c1ccc2c(c1)CC(CO)CO2. The fourth-order valence-corrected chi connectivity index (χ4v) is 1.67. The van der Waals surface area contributed by atoms with Gasteiger partial charge < -0.3 is 9.84 Å². The summed E-state index contributed by atoms with van der Waals surface area (Å²) in [5.41, 5.74) is 0.866. The Kier molecular flexibility index (Phi) is 2.55. The Hall–Kier alpha value is -1.62. The molecule has 1 aliphatic rings. The molecule has 80 valence electrons. The minimum absolute atomic E-state index is 0.0412. The van der Waals surface area contributed by atoms with Crippen molar-refractivity contribution < 1.29 is 14.8 Å². The third-order valence-electron chi connectivity index (χ3n) is 2.50. The van der Waals surface area contributed by atoms with Gasteiger partial charge in [0, 0.05) is 30.2 Å². The van der Waals surface area contributed by atoms with Crippen LogP contribution in [-0.2, 0) is 6.42 Å². The molecule has 15 heavy (non-hydrogen) atoms. The largest absolute Gasteiger partial charge is 0.493 e. The summed E-state index contributed by atoms with van der Waals surface area (Å²) < 4.78 is 5.38. The van der Waals surface area contributed by atoms with Crippen molar-refractivity contribution in [3.05, 3.63) is 33.9 Å². The number of rotatable bonds is 2. The van der Waals surface area contributed by atoms with Crippen LogP contribution >= 0.6 is 0 Å². The van der Waals surface area contributed by atoms with E-state index >= 15 is 0 Å². The number of benzene rings is 1. The van der Waals surface area contributed by atoms with Gasteiger partial charge >= 0.3 is 0 Å². The van der Waals surface area contributed by atoms with E-state index in [-0.39, 0.29) is 18.2 Å². The number of nitro groups is 1. The van der Waals surface area contributed by atoms with E-state index in [2.05, 4.69) is 0 Å². The smallest absolute Gasteiger partial charge is 0.269 e. The van der Waals surface area contributed by atoms with Crippen molar-refractivity contribution in [3.63, 3.8) is 0 Å². The predicted molar refractivity (Wildman–Crippen MR) is 52.9 cm³/mol. The van der Waals surface area contributed by atoms with Crippen LogP contribution in [0, 0.1) is 16.0 Å². The first-order valence-corrected chi connectivity index (χ1v) is 4.71. The Morgan fingerprint density at radius 2 is 2.40 bits per heavy atom. The third-order valence-corrected chi connectivity index (χ3v) is 2.50. The maximum atomic E-state index is 10.6. The molecular formula is C10H11NO4. The van der Waals surface area contributed by atoms with Gasteiger partial charge in [0.1, 0.15) is 5.75 Å². The number of hydrogen-bond acceptors (Lipinski definition) is 4. The van der Waals surface area contributed by atoms with Crippen LogP contribution < -0.4 is 4.74 Å². The lowest BCUT2D eigenvalue weighted by Crippen LogP contribution is -2.23. The summed E-state index contributed by atoms with van der Waals surface area (Å²) in [6.45, 7) is 0.517. The highest BCUT2D eigenvalue weighted by atomic mass is 16.6. The molecule has 0 spiro atoms. The average Bonchev–Trinajstić information content (AvgIpc) is 2.27. The van der Waals surface area contributed by atoms with Gasteiger partial charge in [-0.15, -0.1) is 0 Å². The molecule has 0 amide bonds. The third kappa shape index (κ3) is 1.92. The lowest BCUT2D eigenvalue weighted by Gasteiger charge is -2.23. The number of hydrogen-bond donors (Lipinski definition) is 1. The monoisotopic (exact) mass is 209 g/mol. The first kappa shape index (κ1) is 9.92. The predicted octanol–water partition coefficient (Wildman–Crippen LogP) is 1.14. The number of fused-ring (bicyclic) bond motifs is 1. The molecule has 0 radical (unpaired) electrons. The Morgan fingerprint density at radius 3 is 3.07 bits per heavy atom. The summed E-state index contributed by atoms with van der Waals surface area (Å²) in [4.78, 5) is 10.1. The molecule has 0 saturated carbocycles. The van der Waals surface area contributed by atoms with Crippen molar-refractivity contribution in [1.82, 2.24) is 0 Å². The first-order chi connectivity index (χ1) is 7.20. The standard InChI is InChI=1S/C10H11NO4/c12-5-7-3-8-4-9(11(13)14)1-2-10(8)15-6-7/h1-2,4,7,12H,3,5-6H2. The van der Waals surface area contributed by atoms with Gasteiger partial charge in [-0.2, -0.15) is 0 Å². The quantitative estimate of drug-likeness (QED) is 0.585. The lowest BCUT2D eigenvalue weighted by atomic mass is 9.97. The number of non-ortho nitro benzene ring substituents is 1. The molecule has 1 aromatic carbocycles. The van der Waals surface area contributed by atoms with E-state index < -0.39 is 4.92 Å². The molecule has 2 rings (SSSR count). The van der Waals surface area contributed by atoms with Crippen LogP contribution in [-0.4, -0.2) is 23.2 Å². The van der Waals surface area contributed by atoms with Gasteiger partial charge in [-0.05, 0) is 12.5 Å². The zero-order valence-electron chi connectivity index (χ0n) is 8.05. The van der Waals surface area contributed by atoms with Crippen molar-refractivity contribution in [3.8, 4) is 5.75 Å². The Morgan fingerprint density at radius 1 is 1.60 bits per heavy atom. The molecule has 1 unspecified atom stereocenters. The number of aliphatic hydroxyl groups is 1. The second-order valence-corrected chi connectivity index (χ2v) is 3.61. The second kappa shape index (κ2) is 3.86. The summed E-state index contributed by atoms with van der Waals surface area (Å²) in [5.74, 6) is 0.727. The fourth-order valence-electron chi connectivity index (χ4n) is 1.67. The van der Waals surface area contributed by atoms with E-state index in [0.717, 1.165) is 5.56 Å². The van der Waals surface area contributed by atoms with Gasteiger partial charge in [-0.3, -0.25) is 10.1 Å². The van der Waals surface area contributed by atoms with Crippen molar-refractivity contribution in [1.29, 1.82) is 0 Å². The average molecular weight is 209 g/mol. The first-order valence-electron chi connectivity index (χ1n) is 4.71. The summed E-state index contributed by atoms with van der Waals surface area (Å²) in [7, 11) is 0. The fraction of sp³-hybridized carbons (Fsp3) is 0.400. The highest BCUT2D eigenvalue weighted by molar-refractivity contribution is 5.44. The molecule has 1 aromatic rings. The molecule has 0 bridgehead atoms.